The molecule has 0 saturated carbocycles. The average Bonchev–Trinajstić information content (AvgIpc) is 2.96. The molecule has 0 radical (unpaired) electrons. The van der Waals surface area contributed by atoms with E-state index in [0.29, 0.717) is 16.4 Å². The normalized spacial score (nSPS) is 12.4. The van der Waals surface area contributed by atoms with Crippen molar-refractivity contribution in [3.05, 3.63) is 37.6 Å². The van der Waals surface area contributed by atoms with E-state index < -0.39 is 11.0 Å². The fourth-order valence-corrected chi connectivity index (χ4v) is 3.20. The second-order valence-electron chi connectivity index (χ2n) is 4.11. The lowest BCUT2D eigenvalue weighted by atomic mass is 10.3. The summed E-state index contributed by atoms with van der Waals surface area (Å²) in [6.07, 6.45) is -0.704. The third-order valence-corrected chi connectivity index (χ3v) is 4.59. The molecule has 2 heterocycles. The first-order valence-corrected chi connectivity index (χ1v) is 7.29. The van der Waals surface area contributed by atoms with Gasteiger partial charge in [-0.2, -0.15) is 0 Å². The van der Waals surface area contributed by atoms with E-state index in [2.05, 4.69) is 4.98 Å². The summed E-state index contributed by atoms with van der Waals surface area (Å²) >= 11 is 2.72. The maximum atomic E-state index is 11.1. The van der Waals surface area contributed by atoms with Crippen LogP contribution in [0.4, 0.5) is 10.7 Å². The van der Waals surface area contributed by atoms with Crippen molar-refractivity contribution < 1.29 is 10.0 Å². The van der Waals surface area contributed by atoms with E-state index in [1.165, 1.54) is 28.7 Å². The number of hydrogen-bond donors (Lipinski definition) is 1. The molecule has 2 aromatic heterocycles. The summed E-state index contributed by atoms with van der Waals surface area (Å²) in [6.45, 7) is 2.10. The molecule has 0 fully saturated rings. The van der Waals surface area contributed by atoms with Gasteiger partial charge in [-0.25, -0.2) is 4.98 Å². The molecule has 0 aliphatic heterocycles. The number of anilines is 1. The van der Waals surface area contributed by atoms with Gasteiger partial charge < -0.3 is 10.0 Å². The Hall–Kier alpha value is -1.51. The number of thiophene rings is 1. The Morgan fingerprint density at radius 2 is 2.37 bits per heavy atom. The number of nitrogens with zero attached hydrogens (tertiary/aromatic N) is 3. The van der Waals surface area contributed by atoms with Crippen molar-refractivity contribution in [2.75, 3.05) is 11.9 Å². The smallest absolute Gasteiger partial charge is 0.304 e. The molecule has 0 spiro atoms. The molecule has 0 aromatic carbocycles. The SMILES string of the molecule is C[C@@H](O)c1cc([N+](=O)[O-])c(N(C)Cc2cscn2)s1. The van der Waals surface area contributed by atoms with Gasteiger partial charge in [-0.1, -0.05) is 0 Å². The Kier molecular flexibility index (Phi) is 4.13. The number of thiazole rings is 1. The van der Waals surface area contributed by atoms with E-state index in [1.54, 1.807) is 24.4 Å². The van der Waals surface area contributed by atoms with Gasteiger partial charge in [0.1, 0.15) is 0 Å². The van der Waals surface area contributed by atoms with Gasteiger partial charge in [-0.05, 0) is 6.92 Å². The zero-order valence-corrected chi connectivity index (χ0v) is 12.1. The molecule has 2 rings (SSSR count). The molecule has 0 aliphatic carbocycles. The van der Waals surface area contributed by atoms with E-state index >= 15 is 0 Å². The highest BCUT2D eigenvalue weighted by Gasteiger charge is 2.24. The minimum absolute atomic E-state index is 0.0265. The number of hydrogen-bond acceptors (Lipinski definition) is 7. The number of aliphatic hydroxyl groups excluding tert-OH is 1. The lowest BCUT2D eigenvalue weighted by Crippen LogP contribution is -2.16. The minimum Gasteiger partial charge on any atom is -0.388 e. The summed E-state index contributed by atoms with van der Waals surface area (Å²) in [5.41, 5.74) is 2.63. The molecule has 1 N–H and O–H groups in total. The van der Waals surface area contributed by atoms with E-state index in [1.807, 2.05) is 5.38 Å². The predicted octanol–water partition coefficient (Wildman–Crippen LogP) is 2.80. The number of aromatic nitrogens is 1. The summed E-state index contributed by atoms with van der Waals surface area (Å²) < 4.78 is 0. The first-order valence-electron chi connectivity index (χ1n) is 5.53. The van der Waals surface area contributed by atoms with E-state index in [-0.39, 0.29) is 5.69 Å². The van der Waals surface area contributed by atoms with Crippen molar-refractivity contribution in [2.45, 2.75) is 19.6 Å². The van der Waals surface area contributed by atoms with Crippen molar-refractivity contribution in [1.29, 1.82) is 0 Å². The largest absolute Gasteiger partial charge is 0.388 e. The number of aliphatic hydroxyl groups is 1. The highest BCUT2D eigenvalue weighted by atomic mass is 32.1. The van der Waals surface area contributed by atoms with Gasteiger partial charge in [0.05, 0.1) is 28.8 Å². The molecule has 0 bridgehead atoms. The van der Waals surface area contributed by atoms with Crippen LogP contribution in [0.2, 0.25) is 0 Å². The van der Waals surface area contributed by atoms with Crippen LogP contribution in [0.5, 0.6) is 0 Å². The van der Waals surface area contributed by atoms with E-state index in [4.69, 9.17) is 0 Å². The molecule has 8 heteroatoms. The van der Waals surface area contributed by atoms with Gasteiger partial charge >= 0.3 is 5.69 Å². The van der Waals surface area contributed by atoms with Crippen LogP contribution in [0.1, 0.15) is 23.6 Å². The number of nitro groups is 1. The topological polar surface area (TPSA) is 79.5 Å². The van der Waals surface area contributed by atoms with Crippen LogP contribution in [0, 0.1) is 10.1 Å². The molecule has 0 unspecified atom stereocenters. The maximum absolute atomic E-state index is 11.1. The maximum Gasteiger partial charge on any atom is 0.304 e. The molecule has 1 atom stereocenters. The standard InChI is InChI=1S/C11H13N3O3S2/c1-7(15)10-3-9(14(16)17)11(19-10)13(2)4-8-5-18-6-12-8/h3,5-7,15H,4H2,1-2H3/t7-/m1/s1. The molecule has 6 nitrogen and oxygen atoms in total. The fourth-order valence-electron chi connectivity index (χ4n) is 1.63. The first-order chi connectivity index (χ1) is 8.99. The molecule has 102 valence electrons. The van der Waals surface area contributed by atoms with Crippen LogP contribution >= 0.6 is 22.7 Å². The Morgan fingerprint density at radius 1 is 1.63 bits per heavy atom. The predicted molar refractivity (Wildman–Crippen MR) is 75.8 cm³/mol. The molecule has 0 amide bonds. The average molecular weight is 299 g/mol. The van der Waals surface area contributed by atoms with Crippen molar-refractivity contribution in [1.82, 2.24) is 4.98 Å². The molecule has 2 aromatic rings. The van der Waals surface area contributed by atoms with Crippen LogP contribution in [-0.4, -0.2) is 22.1 Å². The van der Waals surface area contributed by atoms with Crippen LogP contribution in [0.3, 0.4) is 0 Å². The summed E-state index contributed by atoms with van der Waals surface area (Å²) in [5.74, 6) is 0. The van der Waals surface area contributed by atoms with Crippen LogP contribution in [-0.2, 0) is 6.54 Å². The van der Waals surface area contributed by atoms with Crippen molar-refractivity contribution in [2.24, 2.45) is 0 Å². The van der Waals surface area contributed by atoms with Gasteiger partial charge in [0.2, 0.25) is 0 Å². The van der Waals surface area contributed by atoms with Crippen LogP contribution < -0.4 is 4.90 Å². The van der Waals surface area contributed by atoms with Crippen molar-refractivity contribution in [3.8, 4) is 0 Å². The lowest BCUT2D eigenvalue weighted by molar-refractivity contribution is -0.383. The first kappa shape index (κ1) is 13.9. The Bertz CT molecular complexity index is 566. The highest BCUT2D eigenvalue weighted by Crippen LogP contribution is 2.40. The molecular formula is C11H13N3O3S2. The fraction of sp³-hybridized carbons (Fsp3) is 0.364. The van der Waals surface area contributed by atoms with Crippen molar-refractivity contribution in [3.63, 3.8) is 0 Å². The summed E-state index contributed by atoms with van der Waals surface area (Å²) in [6, 6.07) is 1.43. The zero-order chi connectivity index (χ0) is 14.0. The minimum atomic E-state index is -0.704. The quantitative estimate of drug-likeness (QED) is 0.678. The van der Waals surface area contributed by atoms with E-state index in [9.17, 15) is 15.2 Å². The monoisotopic (exact) mass is 299 g/mol. The van der Waals surface area contributed by atoms with Gasteiger partial charge in [0.15, 0.2) is 5.00 Å². The number of rotatable bonds is 5. The zero-order valence-electron chi connectivity index (χ0n) is 10.4. The van der Waals surface area contributed by atoms with Gasteiger partial charge in [-0.3, -0.25) is 10.1 Å². The lowest BCUT2D eigenvalue weighted by Gasteiger charge is -2.14. The highest BCUT2D eigenvalue weighted by molar-refractivity contribution is 7.16. The third-order valence-electron chi connectivity index (χ3n) is 2.55. The Labute approximate surface area is 118 Å². The van der Waals surface area contributed by atoms with Crippen LogP contribution in [0.25, 0.3) is 0 Å². The molecular weight excluding hydrogens is 286 g/mol. The van der Waals surface area contributed by atoms with Gasteiger partial charge in [0, 0.05) is 23.4 Å². The van der Waals surface area contributed by atoms with E-state index in [0.717, 1.165) is 5.69 Å². The Balaban J connectivity index is 2.29. The second kappa shape index (κ2) is 5.64. The molecule has 0 saturated heterocycles. The second-order valence-corrected chi connectivity index (χ2v) is 5.89. The molecule has 19 heavy (non-hydrogen) atoms. The van der Waals surface area contributed by atoms with Gasteiger partial charge in [-0.15, -0.1) is 22.7 Å². The summed E-state index contributed by atoms with van der Waals surface area (Å²) in [7, 11) is 1.78. The summed E-state index contributed by atoms with van der Waals surface area (Å²) in [4.78, 5) is 17.2. The third kappa shape index (κ3) is 3.09. The Morgan fingerprint density at radius 3 is 2.89 bits per heavy atom. The molecule has 0 aliphatic rings. The van der Waals surface area contributed by atoms with Gasteiger partial charge in [0.25, 0.3) is 0 Å². The van der Waals surface area contributed by atoms with Crippen molar-refractivity contribution >= 4 is 33.4 Å². The van der Waals surface area contributed by atoms with Crippen LogP contribution in [0.15, 0.2) is 17.0 Å². The summed E-state index contributed by atoms with van der Waals surface area (Å²) in [5, 5.41) is 23.0.